The number of aliphatic hydroxyl groups excluding tert-OH is 1. The number of rotatable bonds is 2. The number of hydrogen-bond donors (Lipinski definition) is 1. The fourth-order valence-corrected chi connectivity index (χ4v) is 3.43. The summed E-state index contributed by atoms with van der Waals surface area (Å²) in [6.07, 6.45) is -0.545. The summed E-state index contributed by atoms with van der Waals surface area (Å²) >= 11 is 1.69. The van der Waals surface area contributed by atoms with Crippen LogP contribution in [-0.4, -0.2) is 5.11 Å². The molecule has 1 N–H and O–H groups in total. The second-order valence-electron chi connectivity index (χ2n) is 4.88. The molecule has 0 radical (unpaired) electrons. The number of aryl methyl sites for hydroxylation is 1. The molecule has 1 unspecified atom stereocenters. The largest absolute Gasteiger partial charge is 0.384 e. The highest BCUT2D eigenvalue weighted by atomic mass is 32.1. The van der Waals surface area contributed by atoms with Gasteiger partial charge in [-0.25, -0.2) is 0 Å². The van der Waals surface area contributed by atoms with Crippen molar-refractivity contribution in [2.45, 2.75) is 20.0 Å². The lowest BCUT2D eigenvalue weighted by Gasteiger charge is -2.15. The van der Waals surface area contributed by atoms with E-state index < -0.39 is 6.10 Å². The summed E-state index contributed by atoms with van der Waals surface area (Å²) in [5.74, 6) is 0. The maximum atomic E-state index is 10.7. The molecule has 3 rings (SSSR count). The topological polar surface area (TPSA) is 20.2 Å². The van der Waals surface area contributed by atoms with Gasteiger partial charge in [0.15, 0.2) is 0 Å². The Bertz CT molecular complexity index is 727. The second kappa shape index (κ2) is 4.80. The summed E-state index contributed by atoms with van der Waals surface area (Å²) in [5, 5.41) is 13.9. The lowest BCUT2D eigenvalue weighted by Crippen LogP contribution is -2.02. The molecule has 19 heavy (non-hydrogen) atoms. The van der Waals surface area contributed by atoms with E-state index in [1.165, 1.54) is 15.8 Å². The Balaban J connectivity index is 2.13. The summed E-state index contributed by atoms with van der Waals surface area (Å²) in [4.78, 5) is 0. The zero-order valence-electron chi connectivity index (χ0n) is 11.1. The second-order valence-corrected chi connectivity index (χ2v) is 5.79. The third-order valence-electron chi connectivity index (χ3n) is 3.75. The van der Waals surface area contributed by atoms with Crippen LogP contribution in [0, 0.1) is 13.8 Å². The Labute approximate surface area is 117 Å². The summed E-state index contributed by atoms with van der Waals surface area (Å²) < 4.78 is 1.22. The predicted octanol–water partition coefficient (Wildman–Crippen LogP) is 4.60. The Hall–Kier alpha value is -1.64. The SMILES string of the molecule is Cc1cccc(C(O)c2csc3ccccc23)c1C. The van der Waals surface area contributed by atoms with Crippen molar-refractivity contribution in [3.8, 4) is 0 Å². The first-order chi connectivity index (χ1) is 9.18. The molecule has 2 aromatic carbocycles. The maximum absolute atomic E-state index is 10.7. The normalized spacial score (nSPS) is 12.8. The van der Waals surface area contributed by atoms with E-state index in [0.717, 1.165) is 16.5 Å². The van der Waals surface area contributed by atoms with E-state index in [2.05, 4.69) is 37.4 Å². The van der Waals surface area contributed by atoms with Crippen molar-refractivity contribution in [3.63, 3.8) is 0 Å². The average Bonchev–Trinajstić information content (AvgIpc) is 2.85. The molecule has 0 fully saturated rings. The molecule has 1 aromatic heterocycles. The average molecular weight is 268 g/mol. The van der Waals surface area contributed by atoms with Gasteiger partial charge in [-0.2, -0.15) is 0 Å². The number of thiophene rings is 1. The van der Waals surface area contributed by atoms with Crippen molar-refractivity contribution in [1.82, 2.24) is 0 Å². The highest BCUT2D eigenvalue weighted by molar-refractivity contribution is 7.17. The van der Waals surface area contributed by atoms with Gasteiger partial charge >= 0.3 is 0 Å². The van der Waals surface area contributed by atoms with Gasteiger partial charge in [0.2, 0.25) is 0 Å². The van der Waals surface area contributed by atoms with Gasteiger partial charge in [0.1, 0.15) is 6.10 Å². The Kier molecular flexibility index (Phi) is 3.13. The molecule has 0 spiro atoms. The Morgan fingerprint density at radius 3 is 2.58 bits per heavy atom. The minimum absolute atomic E-state index is 0.545. The van der Waals surface area contributed by atoms with Crippen molar-refractivity contribution in [1.29, 1.82) is 0 Å². The molecule has 0 amide bonds. The van der Waals surface area contributed by atoms with Crippen molar-refractivity contribution in [2.75, 3.05) is 0 Å². The highest BCUT2D eigenvalue weighted by Gasteiger charge is 2.17. The van der Waals surface area contributed by atoms with Gasteiger partial charge in [0.25, 0.3) is 0 Å². The summed E-state index contributed by atoms with van der Waals surface area (Å²) in [6, 6.07) is 14.3. The first-order valence-electron chi connectivity index (χ1n) is 6.39. The molecular formula is C17H16OS. The monoisotopic (exact) mass is 268 g/mol. The Morgan fingerprint density at radius 2 is 1.74 bits per heavy atom. The van der Waals surface area contributed by atoms with Crippen LogP contribution in [0.3, 0.4) is 0 Å². The van der Waals surface area contributed by atoms with Crippen molar-refractivity contribution in [3.05, 3.63) is 70.1 Å². The van der Waals surface area contributed by atoms with Crippen molar-refractivity contribution < 1.29 is 5.11 Å². The van der Waals surface area contributed by atoms with E-state index in [-0.39, 0.29) is 0 Å². The van der Waals surface area contributed by atoms with Gasteiger partial charge in [-0.05, 0) is 47.4 Å². The van der Waals surface area contributed by atoms with Crippen LogP contribution < -0.4 is 0 Å². The third kappa shape index (κ3) is 2.07. The number of aliphatic hydroxyl groups is 1. The molecule has 3 aromatic rings. The molecule has 0 aliphatic heterocycles. The van der Waals surface area contributed by atoms with Gasteiger partial charge < -0.3 is 5.11 Å². The predicted molar refractivity (Wildman–Crippen MR) is 81.8 cm³/mol. The van der Waals surface area contributed by atoms with Crippen LogP contribution in [0.5, 0.6) is 0 Å². The smallest absolute Gasteiger partial charge is 0.106 e. The van der Waals surface area contributed by atoms with Crippen LogP contribution in [0.4, 0.5) is 0 Å². The Morgan fingerprint density at radius 1 is 0.947 bits per heavy atom. The first kappa shape index (κ1) is 12.4. The van der Waals surface area contributed by atoms with E-state index in [9.17, 15) is 5.11 Å². The maximum Gasteiger partial charge on any atom is 0.106 e. The van der Waals surface area contributed by atoms with Crippen molar-refractivity contribution >= 4 is 21.4 Å². The molecule has 1 atom stereocenters. The zero-order valence-corrected chi connectivity index (χ0v) is 11.9. The van der Waals surface area contributed by atoms with E-state index in [0.29, 0.717) is 0 Å². The molecule has 0 saturated carbocycles. The molecule has 1 nitrogen and oxygen atoms in total. The quantitative estimate of drug-likeness (QED) is 0.720. The van der Waals surface area contributed by atoms with E-state index in [1.54, 1.807) is 11.3 Å². The van der Waals surface area contributed by atoms with Crippen molar-refractivity contribution in [2.24, 2.45) is 0 Å². The number of hydrogen-bond acceptors (Lipinski definition) is 2. The zero-order chi connectivity index (χ0) is 13.4. The van der Waals surface area contributed by atoms with E-state index in [4.69, 9.17) is 0 Å². The van der Waals surface area contributed by atoms with Crippen LogP contribution in [0.2, 0.25) is 0 Å². The fourth-order valence-electron chi connectivity index (χ4n) is 2.45. The van der Waals surface area contributed by atoms with Gasteiger partial charge in [-0.3, -0.25) is 0 Å². The van der Waals surface area contributed by atoms with Crippen LogP contribution in [0.1, 0.15) is 28.4 Å². The van der Waals surface area contributed by atoms with Crippen LogP contribution >= 0.6 is 11.3 Å². The molecule has 0 saturated heterocycles. The summed E-state index contributed by atoms with van der Waals surface area (Å²) in [7, 11) is 0. The summed E-state index contributed by atoms with van der Waals surface area (Å²) in [6.45, 7) is 4.15. The molecule has 0 aliphatic carbocycles. The van der Waals surface area contributed by atoms with E-state index in [1.807, 2.05) is 24.3 Å². The van der Waals surface area contributed by atoms with Gasteiger partial charge in [-0.1, -0.05) is 36.4 Å². The van der Waals surface area contributed by atoms with Gasteiger partial charge in [-0.15, -0.1) is 11.3 Å². The minimum atomic E-state index is -0.545. The molecule has 0 aliphatic rings. The van der Waals surface area contributed by atoms with Gasteiger partial charge in [0, 0.05) is 10.3 Å². The molecule has 1 heterocycles. The lowest BCUT2D eigenvalue weighted by molar-refractivity contribution is 0.221. The molecule has 0 bridgehead atoms. The van der Waals surface area contributed by atoms with Crippen LogP contribution in [-0.2, 0) is 0 Å². The standard InChI is InChI=1S/C17H16OS/c1-11-6-5-8-13(12(11)2)17(18)15-10-19-16-9-4-3-7-14(15)16/h3-10,17-18H,1-2H3. The minimum Gasteiger partial charge on any atom is -0.384 e. The molecule has 96 valence electrons. The fraction of sp³-hybridized carbons (Fsp3) is 0.176. The first-order valence-corrected chi connectivity index (χ1v) is 7.27. The number of benzene rings is 2. The van der Waals surface area contributed by atoms with Crippen LogP contribution in [0.25, 0.3) is 10.1 Å². The lowest BCUT2D eigenvalue weighted by atomic mass is 9.94. The van der Waals surface area contributed by atoms with Crippen LogP contribution in [0.15, 0.2) is 47.8 Å². The van der Waals surface area contributed by atoms with E-state index >= 15 is 0 Å². The van der Waals surface area contributed by atoms with Gasteiger partial charge in [0.05, 0.1) is 0 Å². The third-order valence-corrected chi connectivity index (χ3v) is 4.73. The highest BCUT2D eigenvalue weighted by Crippen LogP contribution is 2.34. The number of fused-ring (bicyclic) bond motifs is 1. The molecule has 2 heteroatoms. The molecular weight excluding hydrogens is 252 g/mol. The summed E-state index contributed by atoms with van der Waals surface area (Å²) in [5.41, 5.74) is 4.40.